The molecule has 1 aromatic heterocycles. The molecule has 0 aliphatic carbocycles. The van der Waals surface area contributed by atoms with Crippen molar-refractivity contribution in [1.82, 2.24) is 4.68 Å². The Hall–Kier alpha value is -3.14. The van der Waals surface area contributed by atoms with Crippen LogP contribution in [0, 0.1) is 0 Å². The predicted octanol–water partition coefficient (Wildman–Crippen LogP) is 3.85. The molecule has 1 aliphatic heterocycles. The molecule has 0 bridgehead atoms. The maximum absolute atomic E-state index is 13.2. The fourth-order valence-electron chi connectivity index (χ4n) is 3.07. The van der Waals surface area contributed by atoms with Crippen LogP contribution >= 0.6 is 10.8 Å². The highest BCUT2D eigenvalue weighted by Crippen LogP contribution is 2.55. The lowest BCUT2D eigenvalue weighted by Crippen LogP contribution is -2.31. The van der Waals surface area contributed by atoms with Gasteiger partial charge in [0, 0.05) is 11.1 Å². The number of aromatic hydroxyl groups is 1. The van der Waals surface area contributed by atoms with E-state index in [-0.39, 0.29) is 22.0 Å². The molecule has 9 heteroatoms. The highest BCUT2D eigenvalue weighted by Gasteiger charge is 2.30. The second-order valence-corrected chi connectivity index (χ2v) is 8.14. The molecule has 8 nitrogen and oxygen atoms in total. The van der Waals surface area contributed by atoms with E-state index in [1.165, 1.54) is 4.68 Å². The Morgan fingerprint density at radius 2 is 1.79 bits per heavy atom. The smallest absolute Gasteiger partial charge is 0.286 e. The van der Waals surface area contributed by atoms with Gasteiger partial charge in [0.05, 0.1) is 11.2 Å². The minimum absolute atomic E-state index is 0.121. The SMILES string of the molecule is CC(C)=Nn1c(=O)c(C2=NS(O)(O)c3ccccc3N2)c(O)c2ccccc21. The standard InChI is InChI=1S/C19H18N4O4S/c1-11(2)21-23-14-9-5-3-7-12(14)17(24)16(19(23)25)18-20-13-8-4-6-10-15(13)28(26,27)22-18/h3-10,24,26-27H,1-2H3,(H,20,22). The van der Waals surface area contributed by atoms with Crippen LogP contribution in [0.1, 0.15) is 19.4 Å². The lowest BCUT2D eigenvalue weighted by atomic mass is 10.1. The summed E-state index contributed by atoms with van der Waals surface area (Å²) in [6.45, 7) is 3.49. The Morgan fingerprint density at radius 3 is 2.54 bits per heavy atom. The predicted molar refractivity (Wildman–Crippen MR) is 112 cm³/mol. The summed E-state index contributed by atoms with van der Waals surface area (Å²) >= 11 is 0. The van der Waals surface area contributed by atoms with Gasteiger partial charge in [-0.05, 0) is 38.1 Å². The molecule has 4 rings (SSSR count). The maximum atomic E-state index is 13.2. The van der Waals surface area contributed by atoms with Crippen molar-refractivity contribution in [3.8, 4) is 5.75 Å². The molecule has 3 aromatic rings. The summed E-state index contributed by atoms with van der Waals surface area (Å²) < 4.78 is 26.1. The lowest BCUT2D eigenvalue weighted by molar-refractivity contribution is 0.478. The van der Waals surface area contributed by atoms with Crippen LogP contribution in [-0.4, -0.2) is 30.4 Å². The number of aromatic nitrogens is 1. The van der Waals surface area contributed by atoms with Gasteiger partial charge >= 0.3 is 0 Å². The number of para-hydroxylation sites is 2. The van der Waals surface area contributed by atoms with Crippen molar-refractivity contribution in [1.29, 1.82) is 0 Å². The van der Waals surface area contributed by atoms with E-state index in [0.717, 1.165) is 0 Å². The molecule has 0 unspecified atom stereocenters. The van der Waals surface area contributed by atoms with Crippen molar-refractivity contribution < 1.29 is 14.2 Å². The molecule has 0 radical (unpaired) electrons. The van der Waals surface area contributed by atoms with Gasteiger partial charge in [-0.2, -0.15) is 9.78 Å². The highest BCUT2D eigenvalue weighted by molar-refractivity contribution is 8.23. The molecule has 0 saturated carbocycles. The zero-order valence-corrected chi connectivity index (χ0v) is 15.9. The number of hydrogen-bond donors (Lipinski definition) is 4. The molecule has 0 spiro atoms. The van der Waals surface area contributed by atoms with Gasteiger partial charge in [0.15, 0.2) is 5.84 Å². The third kappa shape index (κ3) is 2.85. The van der Waals surface area contributed by atoms with Crippen LogP contribution in [0.4, 0.5) is 5.69 Å². The summed E-state index contributed by atoms with van der Waals surface area (Å²) in [6.07, 6.45) is 0. The summed E-state index contributed by atoms with van der Waals surface area (Å²) in [6, 6.07) is 13.3. The number of anilines is 1. The molecule has 1 aliphatic rings. The van der Waals surface area contributed by atoms with Gasteiger partial charge in [-0.15, -0.1) is 4.40 Å². The maximum Gasteiger partial charge on any atom is 0.286 e. The van der Waals surface area contributed by atoms with Crippen LogP contribution < -0.4 is 10.9 Å². The first kappa shape index (κ1) is 18.2. The van der Waals surface area contributed by atoms with Crippen LogP contribution in [-0.2, 0) is 0 Å². The average Bonchev–Trinajstić information content (AvgIpc) is 2.65. The topological polar surface area (TPSA) is 119 Å². The molecule has 4 N–H and O–H groups in total. The molecule has 0 atom stereocenters. The van der Waals surface area contributed by atoms with Crippen LogP contribution in [0.2, 0.25) is 0 Å². The van der Waals surface area contributed by atoms with E-state index >= 15 is 0 Å². The molecule has 0 saturated heterocycles. The van der Waals surface area contributed by atoms with E-state index < -0.39 is 16.3 Å². The van der Waals surface area contributed by atoms with Crippen LogP contribution in [0.25, 0.3) is 10.9 Å². The van der Waals surface area contributed by atoms with Gasteiger partial charge in [0.2, 0.25) is 0 Å². The average molecular weight is 398 g/mol. The summed E-state index contributed by atoms with van der Waals surface area (Å²) in [7, 11) is -3.53. The third-order valence-corrected chi connectivity index (χ3v) is 5.60. The van der Waals surface area contributed by atoms with Gasteiger partial charge in [-0.1, -0.05) is 35.0 Å². The molecular weight excluding hydrogens is 380 g/mol. The van der Waals surface area contributed by atoms with Gasteiger partial charge in [0.1, 0.15) is 16.2 Å². The minimum atomic E-state index is -3.53. The largest absolute Gasteiger partial charge is 0.506 e. The minimum Gasteiger partial charge on any atom is -0.506 e. The van der Waals surface area contributed by atoms with Crippen molar-refractivity contribution >= 4 is 38.9 Å². The summed E-state index contributed by atoms with van der Waals surface area (Å²) in [5, 5.41) is 18.4. The molecule has 2 heterocycles. The number of pyridine rings is 1. The highest BCUT2D eigenvalue weighted by atomic mass is 32.3. The van der Waals surface area contributed by atoms with Crippen LogP contribution in [0.3, 0.4) is 0 Å². The van der Waals surface area contributed by atoms with Crippen molar-refractivity contribution in [2.75, 3.05) is 5.32 Å². The number of fused-ring (bicyclic) bond motifs is 2. The number of amidine groups is 1. The van der Waals surface area contributed by atoms with E-state index in [9.17, 15) is 19.0 Å². The molecule has 0 fully saturated rings. The van der Waals surface area contributed by atoms with Crippen molar-refractivity contribution in [3.63, 3.8) is 0 Å². The quantitative estimate of drug-likeness (QED) is 0.489. The number of hydrogen-bond acceptors (Lipinski definition) is 7. The number of nitrogens with zero attached hydrogens (tertiary/aromatic N) is 3. The van der Waals surface area contributed by atoms with E-state index in [1.54, 1.807) is 62.4 Å². The Labute approximate surface area is 162 Å². The Bertz CT molecular complexity index is 1230. The summed E-state index contributed by atoms with van der Waals surface area (Å²) in [5.41, 5.74) is 0.660. The van der Waals surface area contributed by atoms with E-state index in [1.807, 2.05) is 0 Å². The van der Waals surface area contributed by atoms with E-state index in [0.29, 0.717) is 22.3 Å². The van der Waals surface area contributed by atoms with Crippen molar-refractivity contribution in [2.24, 2.45) is 9.50 Å². The Kier molecular flexibility index (Phi) is 4.22. The zero-order chi connectivity index (χ0) is 20.1. The van der Waals surface area contributed by atoms with Gasteiger partial charge in [-0.3, -0.25) is 13.9 Å². The number of rotatable bonds is 2. The lowest BCUT2D eigenvalue weighted by Gasteiger charge is -2.34. The third-order valence-electron chi connectivity index (χ3n) is 4.22. The molecule has 28 heavy (non-hydrogen) atoms. The summed E-state index contributed by atoms with van der Waals surface area (Å²) in [5.74, 6) is -0.425. The first-order valence-corrected chi connectivity index (χ1v) is 9.93. The number of benzene rings is 2. The van der Waals surface area contributed by atoms with Crippen LogP contribution in [0.15, 0.2) is 67.7 Å². The zero-order valence-electron chi connectivity index (χ0n) is 15.1. The second-order valence-electron chi connectivity index (χ2n) is 6.48. The molecule has 0 amide bonds. The van der Waals surface area contributed by atoms with Crippen molar-refractivity contribution in [3.05, 3.63) is 64.4 Å². The van der Waals surface area contributed by atoms with Crippen molar-refractivity contribution in [2.45, 2.75) is 18.7 Å². The number of nitrogens with one attached hydrogen (secondary N) is 1. The fraction of sp³-hybridized carbons (Fsp3) is 0.105. The van der Waals surface area contributed by atoms with Gasteiger partial charge in [-0.25, -0.2) is 0 Å². The monoisotopic (exact) mass is 398 g/mol. The van der Waals surface area contributed by atoms with Gasteiger partial charge < -0.3 is 10.4 Å². The second kappa shape index (κ2) is 6.48. The Morgan fingerprint density at radius 1 is 1.11 bits per heavy atom. The van der Waals surface area contributed by atoms with E-state index in [2.05, 4.69) is 14.8 Å². The molecule has 144 valence electrons. The fourth-order valence-corrected chi connectivity index (χ4v) is 4.23. The van der Waals surface area contributed by atoms with Gasteiger partial charge in [0.25, 0.3) is 5.56 Å². The van der Waals surface area contributed by atoms with Crippen LogP contribution in [0.5, 0.6) is 5.75 Å². The Balaban J connectivity index is 2.04. The summed E-state index contributed by atoms with van der Waals surface area (Å²) in [4.78, 5) is 13.4. The normalized spacial score (nSPS) is 15.9. The first-order valence-electron chi connectivity index (χ1n) is 8.43. The van der Waals surface area contributed by atoms with E-state index in [4.69, 9.17) is 0 Å². The molecular formula is C19H18N4O4S. The first-order chi connectivity index (χ1) is 13.3. The molecule has 2 aromatic carbocycles.